The fourth-order valence-electron chi connectivity index (χ4n) is 13.9. The van der Waals surface area contributed by atoms with Crippen molar-refractivity contribution >= 4 is 76.8 Å². The van der Waals surface area contributed by atoms with E-state index in [1.165, 1.54) is 178 Å². The molecular weight excluding hydrogens is 1460 g/mol. The molecule has 0 radical (unpaired) electrons. The van der Waals surface area contributed by atoms with Crippen LogP contribution in [-0.2, 0) is 6.42 Å². The first-order valence-corrected chi connectivity index (χ1v) is 34.1. The van der Waals surface area contributed by atoms with Crippen molar-refractivity contribution in [2.75, 3.05) is 13.6 Å². The number of unbranched alkanes of at least 4 members (excludes halogenated alkanes) is 22. The van der Waals surface area contributed by atoms with Crippen molar-refractivity contribution in [3.63, 3.8) is 0 Å². The van der Waals surface area contributed by atoms with Gasteiger partial charge in [-0.25, -0.2) is 123 Å². The molecular formula is C75H66BF28N. The lowest BCUT2D eigenvalue weighted by Crippen LogP contribution is -3.03. The summed E-state index contributed by atoms with van der Waals surface area (Å²) in [5.74, 6) is -102. The minimum absolute atomic E-state index is 1.26. The van der Waals surface area contributed by atoms with E-state index in [0.717, 1.165) is 0 Å². The topological polar surface area (TPSA) is 4.44 Å². The number of quaternary nitrogens is 1. The van der Waals surface area contributed by atoms with Gasteiger partial charge in [-0.05, 0) is 43.4 Å². The molecule has 0 spiro atoms. The molecule has 0 aromatic heterocycles. The molecule has 9 aromatic rings. The fourth-order valence-corrected chi connectivity index (χ4v) is 13.9. The van der Waals surface area contributed by atoms with Crippen LogP contribution in [0.15, 0.2) is 24.3 Å². The van der Waals surface area contributed by atoms with E-state index < -0.39 is 234 Å². The second kappa shape index (κ2) is 35.2. The number of aryl methyl sites for hydroxylation is 1. The van der Waals surface area contributed by atoms with E-state index in [2.05, 4.69) is 45.2 Å². The zero-order chi connectivity index (χ0) is 77.5. The average molecular weight is 1520 g/mol. The maximum absolute atomic E-state index is 17.4. The molecule has 0 aliphatic carbocycles. The van der Waals surface area contributed by atoms with Crippen LogP contribution in [0.25, 0.3) is 43.1 Å². The quantitative estimate of drug-likeness (QED) is 0.0145. The zero-order valence-corrected chi connectivity index (χ0v) is 56.4. The Morgan fingerprint density at radius 1 is 0.210 bits per heavy atom. The van der Waals surface area contributed by atoms with E-state index in [0.29, 0.717) is 0 Å². The highest BCUT2D eigenvalue weighted by Gasteiger charge is 2.53. The smallest absolute Gasteiger partial charge is 0.198 e. The largest absolute Gasteiger partial charge is 0.305 e. The van der Waals surface area contributed by atoms with Gasteiger partial charge in [-0.1, -0.05) is 161 Å². The summed E-state index contributed by atoms with van der Waals surface area (Å²) in [5.41, 5.74) is -12.9. The second-order valence-electron chi connectivity index (χ2n) is 26.1. The van der Waals surface area contributed by atoms with Crippen LogP contribution in [0.1, 0.15) is 174 Å². The lowest BCUT2D eigenvalue weighted by molar-refractivity contribution is -0.810. The van der Waals surface area contributed by atoms with Crippen LogP contribution in [-0.4, -0.2) is 19.7 Å². The molecule has 30 heteroatoms. The Kier molecular flexibility index (Phi) is 27.7. The number of fused-ring (bicyclic) bond motifs is 4. The van der Waals surface area contributed by atoms with E-state index in [4.69, 9.17) is 0 Å². The summed E-state index contributed by atoms with van der Waals surface area (Å²) < 4.78 is 442. The van der Waals surface area contributed by atoms with Crippen molar-refractivity contribution in [2.24, 2.45) is 0 Å². The number of rotatable bonds is 31. The van der Waals surface area contributed by atoms with E-state index >= 15 is 87.8 Å². The molecule has 1 unspecified atom stereocenters. The zero-order valence-electron chi connectivity index (χ0n) is 56.4. The number of hydrogen-bond acceptors (Lipinski definition) is 0. The van der Waals surface area contributed by atoms with Crippen molar-refractivity contribution in [1.29, 1.82) is 0 Å². The minimum Gasteiger partial charge on any atom is -0.305 e. The highest BCUT2D eigenvalue weighted by atomic mass is 19.2. The SMILES string of the molecule is CCCCCCCCCCCCCCCCCC[NH+](C)c1ccc(CCCCCCCCCC)cc1.Fc1c(F)c(F)c2c(F)c([B-](c3c(F)c(F)c4c(F)c(F)c(F)c(F)c4c3F)(c3c(F)c(F)c4c(F)c(F)c(F)c(F)c4c3F)c3c(F)c(F)c4c(F)c(F)c(F)c(F)c4c3F)c(F)c(F)c2c1F. The van der Waals surface area contributed by atoms with Gasteiger partial charge in [0.05, 0.1) is 56.7 Å². The van der Waals surface area contributed by atoms with Gasteiger partial charge >= 0.3 is 0 Å². The summed E-state index contributed by atoms with van der Waals surface area (Å²) in [6.45, 7) is 5.88. The lowest BCUT2D eigenvalue weighted by Gasteiger charge is -2.45. The molecule has 0 heterocycles. The monoisotopic (exact) mass is 1520 g/mol. The van der Waals surface area contributed by atoms with Crippen LogP contribution in [0.2, 0.25) is 0 Å². The molecule has 9 aromatic carbocycles. The maximum Gasteiger partial charge on any atom is 0.198 e. The molecule has 0 fully saturated rings. The summed E-state index contributed by atoms with van der Waals surface area (Å²) in [6.07, 6.45) is 27.7. The Balaban J connectivity index is 0.000000328. The van der Waals surface area contributed by atoms with Gasteiger partial charge < -0.3 is 4.90 Å². The fraction of sp³-hybridized carbons (Fsp3) is 0.387. The summed E-state index contributed by atoms with van der Waals surface area (Å²) >= 11 is 0. The summed E-state index contributed by atoms with van der Waals surface area (Å²) in [5, 5.41) is -25.0. The molecule has 0 aliphatic heterocycles. The predicted octanol–water partition coefficient (Wildman–Crippen LogP) is 22.3. The van der Waals surface area contributed by atoms with Crippen LogP contribution in [0, 0.1) is 163 Å². The molecule has 0 amide bonds. The number of halogens is 28. The number of nitrogens with one attached hydrogen (secondary N) is 1. The Hall–Kier alpha value is -7.92. The average Bonchev–Trinajstić information content (AvgIpc) is 0.669. The predicted molar refractivity (Wildman–Crippen MR) is 343 cm³/mol. The van der Waals surface area contributed by atoms with Crippen molar-refractivity contribution in [1.82, 2.24) is 0 Å². The first kappa shape index (κ1) is 82.7. The highest BCUT2D eigenvalue weighted by Crippen LogP contribution is 2.41. The van der Waals surface area contributed by atoms with Crippen molar-refractivity contribution < 1.29 is 128 Å². The first-order valence-electron chi connectivity index (χ1n) is 34.1. The van der Waals surface area contributed by atoms with Gasteiger partial charge in [0.2, 0.25) is 0 Å². The maximum atomic E-state index is 17.4. The molecule has 0 saturated carbocycles. The van der Waals surface area contributed by atoms with Gasteiger partial charge in [0.25, 0.3) is 0 Å². The Morgan fingerprint density at radius 2 is 0.390 bits per heavy atom. The highest BCUT2D eigenvalue weighted by molar-refractivity contribution is 7.20. The molecule has 9 rings (SSSR count). The minimum atomic E-state index is -7.99. The van der Waals surface area contributed by atoms with Gasteiger partial charge in [0.15, 0.2) is 116 Å². The summed E-state index contributed by atoms with van der Waals surface area (Å²) in [6, 6.07) is 9.52. The van der Waals surface area contributed by atoms with Crippen molar-refractivity contribution in [3.05, 3.63) is 193 Å². The van der Waals surface area contributed by atoms with E-state index in [-0.39, 0.29) is 0 Å². The standard InChI is InChI=1S/C40BF28.C35H65N/c42-13-1-5(25(54)37(66)33(62)21(1)50)17(46)29(58)9(13)41(10-14(43)2-6(18(47)30(10)59)26(55)38(67)34(63)22(2)51,11-15(44)3-7(19(48)31(11)60)27(56)39(68)35(64)23(3)52)12-16(45)4-8(20(49)32(12)61)28(57)40(69)36(65)24(4)53;1-4-6-8-10-12-14-15-16-17-18-19-20-21-23-25-27-33-36(3)35-31-29-34(30-32-35)28-26-24-22-13-11-9-7-5-2/h;29-32H,4-28,33H2,1-3H3/q-1;/p+1. The van der Waals surface area contributed by atoms with Gasteiger partial charge in [0, 0.05) is 0 Å². The molecule has 0 aliphatic rings. The molecule has 1 atom stereocenters. The van der Waals surface area contributed by atoms with Gasteiger partial charge in [-0.2, -0.15) is 0 Å². The molecule has 105 heavy (non-hydrogen) atoms. The van der Waals surface area contributed by atoms with Gasteiger partial charge in [-0.15, -0.1) is 21.9 Å². The van der Waals surface area contributed by atoms with Crippen LogP contribution in [0.4, 0.5) is 129 Å². The van der Waals surface area contributed by atoms with Crippen LogP contribution in [0.5, 0.6) is 0 Å². The summed E-state index contributed by atoms with van der Waals surface area (Å²) in [7, 11) is 2.35. The second-order valence-corrected chi connectivity index (χ2v) is 26.1. The van der Waals surface area contributed by atoms with E-state index in [9.17, 15) is 35.1 Å². The van der Waals surface area contributed by atoms with Gasteiger partial charge in [-0.3, -0.25) is 0 Å². The van der Waals surface area contributed by atoms with Crippen molar-refractivity contribution in [2.45, 2.75) is 174 Å². The Labute approximate surface area is 583 Å². The van der Waals surface area contributed by atoms with Crippen LogP contribution < -0.4 is 26.8 Å². The summed E-state index contributed by atoms with van der Waals surface area (Å²) in [4.78, 5) is 1.58. The Bertz CT molecular complexity index is 4240. The molecule has 0 bridgehead atoms. The van der Waals surface area contributed by atoms with Crippen LogP contribution >= 0.6 is 0 Å². The first-order chi connectivity index (χ1) is 49.8. The molecule has 1 N–H and O–H groups in total. The lowest BCUT2D eigenvalue weighted by atomic mass is 9.12. The molecule has 570 valence electrons. The Morgan fingerprint density at radius 3 is 0.610 bits per heavy atom. The van der Waals surface area contributed by atoms with Gasteiger partial charge in [0.1, 0.15) is 58.4 Å². The third-order valence-electron chi connectivity index (χ3n) is 19.4. The number of benzene rings is 9. The van der Waals surface area contributed by atoms with E-state index in [1.54, 1.807) is 4.90 Å². The van der Waals surface area contributed by atoms with Crippen LogP contribution in [0.3, 0.4) is 0 Å². The third kappa shape index (κ3) is 15.5. The normalized spacial score (nSPS) is 12.3. The number of hydrogen-bond donors (Lipinski definition) is 1. The van der Waals surface area contributed by atoms with E-state index in [1.807, 2.05) is 0 Å². The van der Waals surface area contributed by atoms with Crippen molar-refractivity contribution in [3.8, 4) is 0 Å². The molecule has 0 saturated heterocycles. The molecule has 1 nitrogen and oxygen atoms in total. The third-order valence-corrected chi connectivity index (χ3v) is 19.4.